The summed E-state index contributed by atoms with van der Waals surface area (Å²) < 4.78 is 5.46. The maximum absolute atomic E-state index is 5.46. The van der Waals surface area contributed by atoms with Gasteiger partial charge in [0.05, 0.1) is 6.10 Å². The zero-order valence-corrected chi connectivity index (χ0v) is 7.55. The number of rotatable bonds is 1. The average Bonchev–Trinajstić information content (AvgIpc) is 1.97. The van der Waals surface area contributed by atoms with E-state index in [9.17, 15) is 0 Å². The molecule has 2 saturated carbocycles. The molecule has 11 heavy (non-hydrogen) atoms. The van der Waals surface area contributed by atoms with E-state index in [1.807, 2.05) is 7.11 Å². The summed E-state index contributed by atoms with van der Waals surface area (Å²) in [6.07, 6.45) is 6.28. The minimum atomic E-state index is 0.566. The summed E-state index contributed by atoms with van der Waals surface area (Å²) in [7, 11) is 1.86. The second-order valence-corrected chi connectivity index (χ2v) is 4.32. The van der Waals surface area contributed by atoms with Gasteiger partial charge < -0.3 is 4.74 Å². The zero-order valence-electron chi connectivity index (χ0n) is 7.55. The van der Waals surface area contributed by atoms with Crippen LogP contribution in [-0.4, -0.2) is 13.2 Å². The van der Waals surface area contributed by atoms with Crippen LogP contribution in [0.4, 0.5) is 0 Å². The molecule has 2 rings (SSSR count). The molecule has 0 aromatic heterocycles. The first kappa shape index (κ1) is 7.60. The molecule has 0 aliphatic heterocycles. The lowest BCUT2D eigenvalue weighted by atomic mass is 9.62. The van der Waals surface area contributed by atoms with Gasteiger partial charge in [0.1, 0.15) is 0 Å². The Morgan fingerprint density at radius 2 is 1.73 bits per heavy atom. The lowest BCUT2D eigenvalue weighted by Gasteiger charge is -2.46. The minimum absolute atomic E-state index is 0.566. The highest BCUT2D eigenvalue weighted by Gasteiger charge is 2.39. The molecule has 1 nitrogen and oxygen atoms in total. The molecular formula is C10H18O. The van der Waals surface area contributed by atoms with Crippen LogP contribution in [0.5, 0.6) is 0 Å². The van der Waals surface area contributed by atoms with Crippen molar-refractivity contribution in [3.63, 3.8) is 0 Å². The Balaban J connectivity index is 1.94. The number of hydrogen-bond donors (Lipinski definition) is 0. The van der Waals surface area contributed by atoms with Gasteiger partial charge in [0.15, 0.2) is 0 Å². The van der Waals surface area contributed by atoms with Crippen molar-refractivity contribution >= 4 is 0 Å². The zero-order chi connectivity index (χ0) is 7.84. The topological polar surface area (TPSA) is 9.23 Å². The maximum Gasteiger partial charge on any atom is 0.0599 e. The van der Waals surface area contributed by atoms with Crippen molar-refractivity contribution in [1.29, 1.82) is 0 Å². The van der Waals surface area contributed by atoms with Crippen LogP contribution in [0.1, 0.15) is 32.6 Å². The quantitative estimate of drug-likeness (QED) is 0.563. The minimum Gasteiger partial charge on any atom is -0.381 e. The molecule has 2 aliphatic rings. The third kappa shape index (κ3) is 1.20. The van der Waals surface area contributed by atoms with Crippen LogP contribution in [0, 0.1) is 17.8 Å². The van der Waals surface area contributed by atoms with E-state index < -0.39 is 0 Å². The van der Waals surface area contributed by atoms with Crippen molar-refractivity contribution in [1.82, 2.24) is 0 Å². The average molecular weight is 154 g/mol. The van der Waals surface area contributed by atoms with Crippen LogP contribution in [0.3, 0.4) is 0 Å². The molecule has 0 aromatic rings. The summed E-state index contributed by atoms with van der Waals surface area (Å²) in [5.41, 5.74) is 0. The van der Waals surface area contributed by atoms with Crippen LogP contribution in [-0.2, 0) is 4.74 Å². The van der Waals surface area contributed by atoms with Gasteiger partial charge in [0, 0.05) is 7.11 Å². The van der Waals surface area contributed by atoms with Gasteiger partial charge in [-0.05, 0) is 43.4 Å². The van der Waals surface area contributed by atoms with Gasteiger partial charge in [-0.2, -0.15) is 0 Å². The number of ether oxygens (including phenoxy) is 1. The Bertz CT molecular complexity index is 144. The summed E-state index contributed by atoms with van der Waals surface area (Å²) in [6.45, 7) is 2.34. The third-order valence-electron chi connectivity index (χ3n) is 3.72. The highest BCUT2D eigenvalue weighted by atomic mass is 16.5. The van der Waals surface area contributed by atoms with Gasteiger partial charge in [0.2, 0.25) is 0 Å². The van der Waals surface area contributed by atoms with Gasteiger partial charge in [-0.3, -0.25) is 0 Å². The third-order valence-corrected chi connectivity index (χ3v) is 3.72. The van der Waals surface area contributed by atoms with E-state index in [1.54, 1.807) is 0 Å². The molecule has 1 heteroatoms. The Hall–Kier alpha value is -0.0400. The predicted octanol–water partition coefficient (Wildman–Crippen LogP) is 2.46. The van der Waals surface area contributed by atoms with Gasteiger partial charge in [-0.25, -0.2) is 0 Å². The first-order chi connectivity index (χ1) is 5.31. The van der Waals surface area contributed by atoms with E-state index in [2.05, 4.69) is 6.92 Å². The van der Waals surface area contributed by atoms with Crippen molar-refractivity contribution < 1.29 is 4.74 Å². The second kappa shape index (κ2) is 2.78. The van der Waals surface area contributed by atoms with Crippen molar-refractivity contribution in [2.75, 3.05) is 7.11 Å². The molecule has 0 radical (unpaired) electrons. The highest BCUT2D eigenvalue weighted by molar-refractivity contribution is 4.90. The fourth-order valence-corrected chi connectivity index (χ4v) is 2.75. The van der Waals surface area contributed by atoms with Crippen LogP contribution in [0.2, 0.25) is 0 Å². The lowest BCUT2D eigenvalue weighted by molar-refractivity contribution is -0.0434. The predicted molar refractivity (Wildman–Crippen MR) is 45.4 cm³/mol. The largest absolute Gasteiger partial charge is 0.381 e. The summed E-state index contributed by atoms with van der Waals surface area (Å²) >= 11 is 0. The van der Waals surface area contributed by atoms with E-state index in [1.165, 1.54) is 25.7 Å². The fourth-order valence-electron chi connectivity index (χ4n) is 2.75. The molecule has 0 aromatic carbocycles. The number of fused-ring (bicyclic) bond motifs is 1. The van der Waals surface area contributed by atoms with Crippen molar-refractivity contribution in [2.24, 2.45) is 17.8 Å². The smallest absolute Gasteiger partial charge is 0.0599 e. The molecule has 0 bridgehead atoms. The maximum atomic E-state index is 5.46. The van der Waals surface area contributed by atoms with Crippen LogP contribution < -0.4 is 0 Å². The van der Waals surface area contributed by atoms with E-state index >= 15 is 0 Å². The molecule has 2 aliphatic carbocycles. The summed E-state index contributed by atoms with van der Waals surface area (Å²) in [5, 5.41) is 0. The molecule has 0 N–H and O–H groups in total. The van der Waals surface area contributed by atoms with Crippen LogP contribution >= 0.6 is 0 Å². The standard InChI is InChI=1S/C10H18O/c1-7-5-8-3-4-9(8)6-10(7)11-2/h7-10H,3-6H2,1-2H3. The summed E-state index contributed by atoms with van der Waals surface area (Å²) in [4.78, 5) is 0. The SMILES string of the molecule is COC1CC2CCC2CC1C. The van der Waals surface area contributed by atoms with Gasteiger partial charge in [-0.1, -0.05) is 6.92 Å². The summed E-state index contributed by atoms with van der Waals surface area (Å²) in [6, 6.07) is 0. The Labute approximate surface area is 69.1 Å². The van der Waals surface area contributed by atoms with Crippen LogP contribution in [0.15, 0.2) is 0 Å². The molecule has 0 amide bonds. The Morgan fingerprint density at radius 3 is 2.27 bits per heavy atom. The van der Waals surface area contributed by atoms with Crippen molar-refractivity contribution in [2.45, 2.75) is 38.7 Å². The molecule has 0 heterocycles. The Morgan fingerprint density at radius 1 is 1.09 bits per heavy atom. The van der Waals surface area contributed by atoms with E-state index in [-0.39, 0.29) is 0 Å². The molecule has 0 spiro atoms. The molecule has 4 unspecified atom stereocenters. The highest BCUT2D eigenvalue weighted by Crippen LogP contribution is 2.47. The van der Waals surface area contributed by atoms with Gasteiger partial charge in [-0.15, -0.1) is 0 Å². The molecular weight excluding hydrogens is 136 g/mol. The second-order valence-electron chi connectivity index (χ2n) is 4.32. The molecule has 4 atom stereocenters. The monoisotopic (exact) mass is 154 g/mol. The van der Waals surface area contributed by atoms with Crippen molar-refractivity contribution in [3.8, 4) is 0 Å². The molecule has 64 valence electrons. The molecule has 0 saturated heterocycles. The number of methoxy groups -OCH3 is 1. The summed E-state index contributed by atoms with van der Waals surface area (Å²) in [5.74, 6) is 2.90. The normalized spacial score (nSPS) is 49.6. The van der Waals surface area contributed by atoms with Crippen molar-refractivity contribution in [3.05, 3.63) is 0 Å². The Kier molecular flexibility index (Phi) is 1.92. The van der Waals surface area contributed by atoms with E-state index in [0.717, 1.165) is 17.8 Å². The van der Waals surface area contributed by atoms with E-state index in [0.29, 0.717) is 6.10 Å². The molecule has 2 fully saturated rings. The number of hydrogen-bond acceptors (Lipinski definition) is 1. The fraction of sp³-hybridized carbons (Fsp3) is 1.00. The lowest BCUT2D eigenvalue weighted by Crippen LogP contribution is -2.40. The first-order valence-corrected chi connectivity index (χ1v) is 4.84. The first-order valence-electron chi connectivity index (χ1n) is 4.84. The van der Waals surface area contributed by atoms with Gasteiger partial charge in [0.25, 0.3) is 0 Å². The van der Waals surface area contributed by atoms with E-state index in [4.69, 9.17) is 4.74 Å². The van der Waals surface area contributed by atoms with Crippen LogP contribution in [0.25, 0.3) is 0 Å². The van der Waals surface area contributed by atoms with Gasteiger partial charge >= 0.3 is 0 Å².